The third kappa shape index (κ3) is 50.7. The predicted octanol–water partition coefficient (Wildman–Crippen LogP) is 12.9. The summed E-state index contributed by atoms with van der Waals surface area (Å²) >= 11 is 0. The largest absolute Gasteiger partial charge is 0.472 e. The monoisotopic (exact) mass is 1030 g/mol. The Bertz CT molecular complexity index is 1480. The average Bonchev–Trinajstić information content (AvgIpc) is 3.34. The van der Waals surface area contributed by atoms with E-state index in [9.17, 15) is 43.8 Å². The molecule has 5 N–H and O–H groups in total. The molecule has 70 heavy (non-hydrogen) atoms. The Morgan fingerprint density at radius 3 is 0.914 bits per heavy atom. The summed E-state index contributed by atoms with van der Waals surface area (Å²) in [6.07, 6.45) is 49.1. The quantitative estimate of drug-likeness (QED) is 0.0165. The number of carbonyl (C=O) groups excluding carboxylic acids is 2. The molecule has 17 heteroatoms. The lowest BCUT2D eigenvalue weighted by Gasteiger charge is -2.19. The van der Waals surface area contributed by atoms with Crippen molar-refractivity contribution in [2.45, 2.75) is 225 Å². The van der Waals surface area contributed by atoms with Crippen molar-refractivity contribution in [3.05, 3.63) is 60.8 Å². The van der Waals surface area contributed by atoms with Gasteiger partial charge in [-0.15, -0.1) is 0 Å². The molecular formula is C53H96O15P2. The number of hydrogen-bond donors (Lipinski definition) is 5. The summed E-state index contributed by atoms with van der Waals surface area (Å²) in [7, 11) is -9.58. The van der Waals surface area contributed by atoms with E-state index in [1.54, 1.807) is 0 Å². The Morgan fingerprint density at radius 2 is 0.614 bits per heavy atom. The van der Waals surface area contributed by atoms with Crippen LogP contribution in [-0.2, 0) is 46.3 Å². The molecule has 0 fully saturated rings. The second kappa shape index (κ2) is 49.0. The molecule has 0 aromatic heterocycles. The van der Waals surface area contributed by atoms with Crippen LogP contribution in [-0.4, -0.2) is 95.0 Å². The van der Waals surface area contributed by atoms with Crippen molar-refractivity contribution in [3.8, 4) is 0 Å². The van der Waals surface area contributed by atoms with E-state index in [1.807, 2.05) is 0 Å². The molecule has 5 unspecified atom stereocenters. The molecule has 0 aromatic carbocycles. The van der Waals surface area contributed by atoms with E-state index in [0.29, 0.717) is 12.8 Å². The van der Waals surface area contributed by atoms with Crippen molar-refractivity contribution in [3.63, 3.8) is 0 Å². The number of phosphoric ester groups is 2. The fourth-order valence-electron chi connectivity index (χ4n) is 6.78. The molecule has 0 heterocycles. The van der Waals surface area contributed by atoms with Gasteiger partial charge >= 0.3 is 27.6 Å². The van der Waals surface area contributed by atoms with Crippen LogP contribution in [0.5, 0.6) is 0 Å². The van der Waals surface area contributed by atoms with Gasteiger partial charge in [0.25, 0.3) is 0 Å². The van der Waals surface area contributed by atoms with Gasteiger partial charge in [-0.1, -0.05) is 171 Å². The Balaban J connectivity index is 3.86. The zero-order valence-corrected chi connectivity index (χ0v) is 45.0. The summed E-state index contributed by atoms with van der Waals surface area (Å²) in [5, 5.41) is 30.1. The molecule has 408 valence electrons. The molecule has 0 aliphatic rings. The van der Waals surface area contributed by atoms with Crippen LogP contribution in [0.2, 0.25) is 0 Å². The number of hydrogen-bond acceptors (Lipinski definition) is 13. The van der Waals surface area contributed by atoms with Crippen LogP contribution in [0.3, 0.4) is 0 Å². The van der Waals surface area contributed by atoms with Crippen molar-refractivity contribution in [1.29, 1.82) is 0 Å². The van der Waals surface area contributed by atoms with E-state index < -0.39 is 85.5 Å². The summed E-state index contributed by atoms with van der Waals surface area (Å²) in [4.78, 5) is 43.9. The van der Waals surface area contributed by atoms with Crippen LogP contribution >= 0.6 is 15.6 Å². The number of aliphatic hydroxyl groups is 3. The molecule has 0 aliphatic heterocycles. The number of unbranched alkanes of at least 4 members (excludes halogenated alkanes) is 21. The molecule has 0 aromatic rings. The van der Waals surface area contributed by atoms with E-state index in [0.717, 1.165) is 83.5 Å². The van der Waals surface area contributed by atoms with Crippen LogP contribution in [0.15, 0.2) is 60.8 Å². The summed E-state index contributed by atoms with van der Waals surface area (Å²) in [5.41, 5.74) is 0. The Hall–Kier alpha value is -2.26. The molecule has 5 atom stereocenters. The minimum Gasteiger partial charge on any atom is -0.463 e. The minimum absolute atomic E-state index is 0.186. The maximum absolute atomic E-state index is 12.2. The first-order valence-electron chi connectivity index (χ1n) is 26.6. The lowest BCUT2D eigenvalue weighted by Crippen LogP contribution is -2.25. The Morgan fingerprint density at radius 1 is 0.371 bits per heavy atom. The number of carbonyl (C=O) groups is 2. The molecule has 15 nitrogen and oxygen atoms in total. The summed E-state index contributed by atoms with van der Waals surface area (Å²) in [6.45, 7) is 0.366. The summed E-state index contributed by atoms with van der Waals surface area (Å²) < 4.78 is 53.1. The Kier molecular flexibility index (Phi) is 47.4. The van der Waals surface area contributed by atoms with E-state index in [1.165, 1.54) is 83.5 Å². The van der Waals surface area contributed by atoms with E-state index in [4.69, 9.17) is 18.5 Å². The fourth-order valence-corrected chi connectivity index (χ4v) is 8.37. The number of esters is 2. The predicted molar refractivity (Wildman–Crippen MR) is 279 cm³/mol. The second-order valence-corrected chi connectivity index (χ2v) is 20.8. The maximum atomic E-state index is 12.2. The van der Waals surface area contributed by atoms with Crippen LogP contribution < -0.4 is 0 Å². The average molecular weight is 1040 g/mol. The smallest absolute Gasteiger partial charge is 0.463 e. The van der Waals surface area contributed by atoms with Gasteiger partial charge in [-0.3, -0.25) is 27.7 Å². The zero-order chi connectivity index (χ0) is 51.7. The molecule has 0 rings (SSSR count). The first kappa shape index (κ1) is 67.7. The lowest BCUT2D eigenvalue weighted by molar-refractivity contribution is -0.148. The van der Waals surface area contributed by atoms with Gasteiger partial charge in [0.05, 0.1) is 26.4 Å². The number of rotatable bonds is 51. The topological polar surface area (TPSA) is 225 Å². The normalized spacial score (nSPS) is 15.4. The number of ether oxygens (including phenoxy) is 2. The van der Waals surface area contributed by atoms with Gasteiger partial charge in [-0.2, -0.15) is 0 Å². The van der Waals surface area contributed by atoms with Gasteiger partial charge in [0.2, 0.25) is 0 Å². The number of phosphoric acid groups is 2. The van der Waals surface area contributed by atoms with Crippen molar-refractivity contribution in [1.82, 2.24) is 0 Å². The molecule has 0 spiro atoms. The van der Waals surface area contributed by atoms with Crippen LogP contribution in [0.1, 0.15) is 206 Å². The highest BCUT2D eigenvalue weighted by Crippen LogP contribution is 2.45. The third-order valence-corrected chi connectivity index (χ3v) is 12.8. The first-order valence-corrected chi connectivity index (χ1v) is 29.6. The maximum Gasteiger partial charge on any atom is 0.472 e. The van der Waals surface area contributed by atoms with Crippen molar-refractivity contribution in [2.24, 2.45) is 0 Å². The van der Waals surface area contributed by atoms with Crippen LogP contribution in [0, 0.1) is 0 Å². The summed E-state index contributed by atoms with van der Waals surface area (Å²) in [5.74, 6) is -1.01. The molecule has 0 bridgehead atoms. The number of allylic oxidation sites excluding steroid dienone is 10. The molecule has 0 radical (unpaired) electrons. The van der Waals surface area contributed by atoms with E-state index >= 15 is 0 Å². The van der Waals surface area contributed by atoms with Gasteiger partial charge in [-0.25, -0.2) is 9.13 Å². The molecule has 0 saturated carbocycles. The highest BCUT2D eigenvalue weighted by molar-refractivity contribution is 7.47. The number of aliphatic hydroxyl groups excluding tert-OH is 3. The first-order chi connectivity index (χ1) is 33.8. The molecule has 0 aliphatic carbocycles. The third-order valence-electron chi connectivity index (χ3n) is 10.9. The summed E-state index contributed by atoms with van der Waals surface area (Å²) in [6, 6.07) is 0. The van der Waals surface area contributed by atoms with Gasteiger partial charge in [-0.05, 0) is 83.5 Å². The molecular weight excluding hydrogens is 939 g/mol. The Labute approximate surface area is 422 Å². The standard InChI is InChI=1S/C53H96O15P2/c1-3-5-7-9-11-13-15-17-19-21-22-23-24-26-28-30-32-34-36-38-40-42-53(58)64-44-50(55)46-66-70(61,62)68-48-51(56)47-67-69(59,60)65-45-49(54)43-63-52(57)41-39-37-35-33-31-29-27-25-20-18-16-14-12-10-8-6-4-2/h11-14,17-20,22-23,49-51,54-56H,3-10,15-16,21,24-48H2,1-2H3,(H,59,60)(H,61,62)/b13-11-,14-12-,19-17-,20-18-,23-22-. The van der Waals surface area contributed by atoms with Gasteiger partial charge < -0.3 is 34.6 Å². The van der Waals surface area contributed by atoms with Gasteiger partial charge in [0.1, 0.15) is 31.5 Å². The van der Waals surface area contributed by atoms with Crippen molar-refractivity contribution in [2.75, 3.05) is 39.6 Å². The van der Waals surface area contributed by atoms with Gasteiger partial charge in [0, 0.05) is 12.8 Å². The molecule has 0 saturated heterocycles. The van der Waals surface area contributed by atoms with Crippen molar-refractivity contribution < 1.29 is 71.4 Å². The van der Waals surface area contributed by atoms with Gasteiger partial charge in [0.15, 0.2) is 0 Å². The highest BCUT2D eigenvalue weighted by atomic mass is 31.2. The van der Waals surface area contributed by atoms with Crippen LogP contribution in [0.25, 0.3) is 0 Å². The van der Waals surface area contributed by atoms with Crippen molar-refractivity contribution >= 4 is 27.6 Å². The highest BCUT2D eigenvalue weighted by Gasteiger charge is 2.28. The lowest BCUT2D eigenvalue weighted by atomic mass is 10.1. The fraction of sp³-hybridized carbons (Fsp3) is 0.774. The van der Waals surface area contributed by atoms with E-state index in [2.05, 4.69) is 83.7 Å². The van der Waals surface area contributed by atoms with E-state index in [-0.39, 0.29) is 12.8 Å². The SMILES string of the molecule is CCCCC/C=C\C/C=C\C/C=C\CCCCCCCCCCC(=O)OCC(O)COP(=O)(O)OCC(O)COP(=O)(O)OCC(O)COC(=O)CCCCCCCCC/C=C\C/C=C\CCCCC. The minimum atomic E-state index is -4.79. The zero-order valence-electron chi connectivity index (χ0n) is 43.2. The second-order valence-electron chi connectivity index (χ2n) is 17.9. The molecule has 0 amide bonds. The van der Waals surface area contributed by atoms with Crippen LogP contribution in [0.4, 0.5) is 0 Å².